The van der Waals surface area contributed by atoms with Gasteiger partial charge in [-0.05, 0) is 19.1 Å². The molecular formula is C13H14N6OS. The van der Waals surface area contributed by atoms with Crippen LogP contribution >= 0.6 is 11.3 Å². The average Bonchev–Trinajstić information content (AvgIpc) is 3.12. The van der Waals surface area contributed by atoms with Crippen LogP contribution in [0, 0.1) is 6.92 Å². The highest BCUT2D eigenvalue weighted by molar-refractivity contribution is 7.13. The zero-order valence-electron chi connectivity index (χ0n) is 11.6. The van der Waals surface area contributed by atoms with Gasteiger partial charge in [-0.2, -0.15) is 4.68 Å². The monoisotopic (exact) mass is 302 g/mol. The first-order valence-corrected chi connectivity index (χ1v) is 7.14. The Morgan fingerprint density at radius 3 is 2.71 bits per heavy atom. The van der Waals surface area contributed by atoms with Gasteiger partial charge in [0.2, 0.25) is 5.13 Å². The first kappa shape index (κ1) is 13.7. The van der Waals surface area contributed by atoms with Gasteiger partial charge >= 0.3 is 0 Å². The Kier molecular flexibility index (Phi) is 3.63. The van der Waals surface area contributed by atoms with E-state index in [1.165, 1.54) is 11.3 Å². The molecule has 0 aliphatic heterocycles. The van der Waals surface area contributed by atoms with Crippen LogP contribution in [0.25, 0.3) is 16.4 Å². The van der Waals surface area contributed by atoms with Crippen LogP contribution in [-0.4, -0.2) is 32.3 Å². The second-order valence-corrected chi connectivity index (χ2v) is 5.46. The molecule has 0 aliphatic carbocycles. The maximum atomic E-state index is 5.79. The molecular weight excluding hydrogens is 288 g/mol. The third-order valence-corrected chi connectivity index (χ3v) is 3.81. The predicted molar refractivity (Wildman–Crippen MR) is 79.4 cm³/mol. The fourth-order valence-corrected chi connectivity index (χ4v) is 2.71. The second-order valence-electron chi connectivity index (χ2n) is 4.30. The van der Waals surface area contributed by atoms with Crippen molar-refractivity contribution < 1.29 is 4.74 Å². The van der Waals surface area contributed by atoms with Crippen molar-refractivity contribution in [1.29, 1.82) is 0 Å². The Bertz CT molecular complexity index is 766. The number of benzene rings is 1. The number of aryl methyl sites for hydroxylation is 1. The van der Waals surface area contributed by atoms with Crippen LogP contribution in [0.1, 0.15) is 10.7 Å². The lowest BCUT2D eigenvalue weighted by molar-refractivity contribution is 0.416. The van der Waals surface area contributed by atoms with Crippen molar-refractivity contribution >= 4 is 11.3 Å². The average molecular weight is 302 g/mol. The van der Waals surface area contributed by atoms with Gasteiger partial charge in [-0.25, -0.2) is 0 Å². The molecule has 2 N–H and O–H groups in total. The Morgan fingerprint density at radius 2 is 2.05 bits per heavy atom. The standard InChI is InChI=1S/C13H14N6OS/c1-8-15-17-13(21-8)19-12(10(7-14)16-18-19)9-5-3-4-6-11(9)20-2/h3-6H,7,14H2,1-2H3. The predicted octanol–water partition coefficient (Wildman–Crippen LogP) is 1.56. The summed E-state index contributed by atoms with van der Waals surface area (Å²) in [7, 11) is 1.63. The first-order valence-electron chi connectivity index (χ1n) is 6.33. The number of hydrogen-bond acceptors (Lipinski definition) is 7. The lowest BCUT2D eigenvalue weighted by Gasteiger charge is -2.09. The van der Waals surface area contributed by atoms with Crippen LogP contribution in [-0.2, 0) is 6.54 Å². The van der Waals surface area contributed by atoms with E-state index in [9.17, 15) is 0 Å². The fourth-order valence-electron chi connectivity index (χ4n) is 2.07. The van der Waals surface area contributed by atoms with E-state index in [2.05, 4.69) is 20.5 Å². The Hall–Kier alpha value is -2.32. The molecule has 3 rings (SSSR count). The number of hydrogen-bond donors (Lipinski definition) is 1. The number of nitrogens with two attached hydrogens (primary N) is 1. The van der Waals surface area contributed by atoms with E-state index < -0.39 is 0 Å². The van der Waals surface area contributed by atoms with Crippen molar-refractivity contribution in [3.05, 3.63) is 35.0 Å². The largest absolute Gasteiger partial charge is 0.496 e. The number of aromatic nitrogens is 5. The van der Waals surface area contributed by atoms with Crippen molar-refractivity contribution in [2.24, 2.45) is 5.73 Å². The minimum atomic E-state index is 0.283. The summed E-state index contributed by atoms with van der Waals surface area (Å²) in [4.78, 5) is 0. The lowest BCUT2D eigenvalue weighted by Crippen LogP contribution is -2.03. The molecule has 0 spiro atoms. The fraction of sp³-hybridized carbons (Fsp3) is 0.231. The summed E-state index contributed by atoms with van der Waals surface area (Å²) < 4.78 is 7.08. The molecule has 3 aromatic rings. The van der Waals surface area contributed by atoms with Gasteiger partial charge in [-0.15, -0.1) is 15.3 Å². The van der Waals surface area contributed by atoms with Crippen LogP contribution in [0.3, 0.4) is 0 Å². The highest BCUT2D eigenvalue weighted by atomic mass is 32.1. The zero-order chi connectivity index (χ0) is 14.8. The van der Waals surface area contributed by atoms with Gasteiger partial charge < -0.3 is 10.5 Å². The molecule has 0 saturated heterocycles. The number of methoxy groups -OCH3 is 1. The highest BCUT2D eigenvalue weighted by Gasteiger charge is 2.20. The SMILES string of the molecule is COc1ccccc1-c1c(CN)nnn1-c1nnc(C)s1. The molecule has 0 bridgehead atoms. The normalized spacial score (nSPS) is 10.8. The van der Waals surface area contributed by atoms with Crippen LogP contribution in [0.15, 0.2) is 24.3 Å². The Balaban J connectivity index is 2.23. The molecule has 0 amide bonds. The van der Waals surface area contributed by atoms with E-state index >= 15 is 0 Å². The van der Waals surface area contributed by atoms with Crippen molar-refractivity contribution in [3.63, 3.8) is 0 Å². The molecule has 108 valence electrons. The molecule has 21 heavy (non-hydrogen) atoms. The Labute approximate surface area is 125 Å². The molecule has 0 aliphatic rings. The number of nitrogens with zero attached hydrogens (tertiary/aromatic N) is 5. The van der Waals surface area contributed by atoms with Crippen molar-refractivity contribution in [2.75, 3.05) is 7.11 Å². The smallest absolute Gasteiger partial charge is 0.234 e. The van der Waals surface area contributed by atoms with Crippen LogP contribution < -0.4 is 10.5 Å². The van der Waals surface area contributed by atoms with Gasteiger partial charge in [-0.1, -0.05) is 28.7 Å². The minimum absolute atomic E-state index is 0.283. The first-order chi connectivity index (χ1) is 10.2. The summed E-state index contributed by atoms with van der Waals surface area (Å²) in [5.74, 6) is 0.733. The van der Waals surface area contributed by atoms with E-state index in [1.807, 2.05) is 31.2 Å². The minimum Gasteiger partial charge on any atom is -0.496 e. The third kappa shape index (κ3) is 2.39. The number of rotatable bonds is 4. The lowest BCUT2D eigenvalue weighted by atomic mass is 10.1. The maximum absolute atomic E-state index is 5.79. The van der Waals surface area contributed by atoms with E-state index in [0.717, 1.165) is 22.0 Å². The number of para-hydroxylation sites is 1. The van der Waals surface area contributed by atoms with Gasteiger partial charge in [0.05, 0.1) is 7.11 Å². The van der Waals surface area contributed by atoms with Gasteiger partial charge in [0.25, 0.3) is 0 Å². The molecule has 2 aromatic heterocycles. The summed E-state index contributed by atoms with van der Waals surface area (Å²) in [6, 6.07) is 7.67. The van der Waals surface area contributed by atoms with Crippen molar-refractivity contribution in [2.45, 2.75) is 13.5 Å². The molecule has 8 heteroatoms. The summed E-state index contributed by atoms with van der Waals surface area (Å²) in [5.41, 5.74) is 8.13. The van der Waals surface area contributed by atoms with Gasteiger partial charge in [0.1, 0.15) is 22.1 Å². The van der Waals surface area contributed by atoms with Gasteiger partial charge in [0, 0.05) is 12.1 Å². The van der Waals surface area contributed by atoms with Gasteiger partial charge in [-0.3, -0.25) is 0 Å². The molecule has 0 radical (unpaired) electrons. The maximum Gasteiger partial charge on any atom is 0.234 e. The van der Waals surface area contributed by atoms with Crippen LogP contribution in [0.5, 0.6) is 5.75 Å². The Morgan fingerprint density at radius 1 is 1.24 bits per heavy atom. The third-order valence-electron chi connectivity index (χ3n) is 2.99. The topological polar surface area (TPSA) is 91.7 Å². The molecule has 2 heterocycles. The summed E-state index contributed by atoms with van der Waals surface area (Å²) >= 11 is 1.44. The van der Waals surface area contributed by atoms with Crippen LogP contribution in [0.4, 0.5) is 0 Å². The van der Waals surface area contributed by atoms with Gasteiger partial charge in [0.15, 0.2) is 0 Å². The molecule has 7 nitrogen and oxygen atoms in total. The molecule has 0 fully saturated rings. The quantitative estimate of drug-likeness (QED) is 0.786. The summed E-state index contributed by atoms with van der Waals surface area (Å²) in [6.07, 6.45) is 0. The van der Waals surface area contributed by atoms with Crippen molar-refractivity contribution in [3.8, 4) is 22.1 Å². The van der Waals surface area contributed by atoms with E-state index in [0.29, 0.717) is 10.8 Å². The summed E-state index contributed by atoms with van der Waals surface area (Å²) in [6.45, 7) is 2.18. The summed E-state index contributed by atoms with van der Waals surface area (Å²) in [5, 5.41) is 18.0. The number of ether oxygens (including phenoxy) is 1. The molecule has 0 saturated carbocycles. The zero-order valence-corrected chi connectivity index (χ0v) is 12.5. The van der Waals surface area contributed by atoms with E-state index in [4.69, 9.17) is 10.5 Å². The molecule has 1 aromatic carbocycles. The molecule has 0 atom stereocenters. The second kappa shape index (κ2) is 5.58. The molecule has 0 unspecified atom stereocenters. The van der Waals surface area contributed by atoms with E-state index in [1.54, 1.807) is 11.8 Å². The van der Waals surface area contributed by atoms with E-state index in [-0.39, 0.29) is 6.54 Å². The highest BCUT2D eigenvalue weighted by Crippen LogP contribution is 2.33. The van der Waals surface area contributed by atoms with Crippen molar-refractivity contribution in [1.82, 2.24) is 25.2 Å². The van der Waals surface area contributed by atoms with Crippen LogP contribution in [0.2, 0.25) is 0 Å².